The summed E-state index contributed by atoms with van der Waals surface area (Å²) in [6, 6.07) is 1.26. The van der Waals surface area contributed by atoms with Gasteiger partial charge in [-0.1, -0.05) is 11.6 Å². The number of nitrogens with zero attached hydrogens (tertiary/aromatic N) is 1. The maximum Gasteiger partial charge on any atom is 0.243 e. The van der Waals surface area contributed by atoms with Crippen molar-refractivity contribution in [2.24, 2.45) is 0 Å². The minimum absolute atomic E-state index is 0.00670. The molecular weight excluding hydrogens is 264 g/mol. The monoisotopic (exact) mass is 276 g/mol. The van der Waals surface area contributed by atoms with E-state index in [1.807, 2.05) is 0 Å². The lowest BCUT2D eigenvalue weighted by atomic mass is 10.1. The molecule has 1 aliphatic heterocycles. The van der Waals surface area contributed by atoms with Crippen LogP contribution in [0.4, 0.5) is 0 Å². The van der Waals surface area contributed by atoms with Gasteiger partial charge in [-0.2, -0.15) is 0 Å². The van der Waals surface area contributed by atoms with Crippen LogP contribution in [0.5, 0.6) is 0 Å². The number of aromatic nitrogens is 1. The van der Waals surface area contributed by atoms with Gasteiger partial charge in [-0.3, -0.25) is 4.98 Å². The van der Waals surface area contributed by atoms with Gasteiger partial charge in [0.05, 0.1) is 11.6 Å². The van der Waals surface area contributed by atoms with E-state index in [-0.39, 0.29) is 16.0 Å². The zero-order chi connectivity index (χ0) is 12.3. The van der Waals surface area contributed by atoms with Gasteiger partial charge in [-0.25, -0.2) is 13.1 Å². The Kier molecular flexibility index (Phi) is 3.98. The molecule has 94 valence electrons. The van der Waals surface area contributed by atoms with Crippen LogP contribution in [0.3, 0.4) is 0 Å². The second-order valence-electron chi connectivity index (χ2n) is 3.84. The summed E-state index contributed by atoms with van der Waals surface area (Å²) in [5.41, 5.74) is 0. The number of hydrogen-bond donors (Lipinski definition) is 1. The maximum atomic E-state index is 12.0. The summed E-state index contributed by atoms with van der Waals surface area (Å²) in [6.45, 7) is 1.09. The van der Waals surface area contributed by atoms with Crippen molar-refractivity contribution in [3.8, 4) is 0 Å². The fraction of sp³-hybridized carbons (Fsp3) is 0.500. The predicted octanol–water partition coefficient (Wildman–Crippen LogP) is 1.19. The normalized spacial score (nSPS) is 21.4. The number of rotatable bonds is 3. The fourth-order valence-electron chi connectivity index (χ4n) is 1.68. The molecule has 1 saturated heterocycles. The molecule has 5 nitrogen and oxygen atoms in total. The molecule has 1 atom stereocenters. The van der Waals surface area contributed by atoms with Crippen LogP contribution in [0.2, 0.25) is 5.02 Å². The minimum Gasteiger partial charge on any atom is -0.380 e. The molecule has 1 fully saturated rings. The first-order chi connectivity index (χ1) is 8.09. The number of ether oxygens (including phenoxy) is 1. The molecule has 2 rings (SSSR count). The van der Waals surface area contributed by atoms with E-state index in [1.165, 1.54) is 18.5 Å². The average molecular weight is 277 g/mol. The Morgan fingerprint density at radius 2 is 2.35 bits per heavy atom. The standard InChI is InChI=1S/C10H13ClN2O3S/c11-9-3-4-12-6-10(9)17(14,15)13-8-2-1-5-16-7-8/h3-4,6,8,13H,1-2,5,7H2. The van der Waals surface area contributed by atoms with Crippen LogP contribution in [0.25, 0.3) is 0 Å². The van der Waals surface area contributed by atoms with Gasteiger partial charge in [0.15, 0.2) is 0 Å². The van der Waals surface area contributed by atoms with Crippen molar-refractivity contribution in [1.29, 1.82) is 0 Å². The molecule has 0 spiro atoms. The van der Waals surface area contributed by atoms with Gasteiger partial charge in [-0.05, 0) is 18.9 Å². The molecule has 0 bridgehead atoms. The summed E-state index contributed by atoms with van der Waals surface area (Å²) in [5.74, 6) is 0. The number of hydrogen-bond acceptors (Lipinski definition) is 4. The molecule has 1 unspecified atom stereocenters. The van der Waals surface area contributed by atoms with Gasteiger partial charge in [0.25, 0.3) is 0 Å². The predicted molar refractivity (Wildman–Crippen MR) is 63.4 cm³/mol. The van der Waals surface area contributed by atoms with Crippen LogP contribution in [-0.2, 0) is 14.8 Å². The van der Waals surface area contributed by atoms with Crippen molar-refractivity contribution < 1.29 is 13.2 Å². The van der Waals surface area contributed by atoms with Crippen molar-refractivity contribution in [2.45, 2.75) is 23.8 Å². The van der Waals surface area contributed by atoms with E-state index in [0.717, 1.165) is 12.8 Å². The van der Waals surface area contributed by atoms with Crippen LogP contribution in [0.1, 0.15) is 12.8 Å². The van der Waals surface area contributed by atoms with Crippen molar-refractivity contribution in [2.75, 3.05) is 13.2 Å². The van der Waals surface area contributed by atoms with Crippen molar-refractivity contribution in [3.05, 3.63) is 23.5 Å². The Morgan fingerprint density at radius 3 is 3.00 bits per heavy atom. The van der Waals surface area contributed by atoms with Crippen molar-refractivity contribution in [1.82, 2.24) is 9.71 Å². The summed E-state index contributed by atoms with van der Waals surface area (Å²) in [6.07, 6.45) is 4.32. The number of sulfonamides is 1. The summed E-state index contributed by atoms with van der Waals surface area (Å²) >= 11 is 5.84. The molecule has 7 heteroatoms. The summed E-state index contributed by atoms with van der Waals surface area (Å²) in [7, 11) is -3.62. The lowest BCUT2D eigenvalue weighted by Gasteiger charge is -2.23. The van der Waals surface area contributed by atoms with E-state index in [2.05, 4.69) is 9.71 Å². The minimum atomic E-state index is -3.62. The fourth-order valence-corrected chi connectivity index (χ4v) is 3.36. The molecule has 1 aliphatic rings. The molecule has 2 heterocycles. The van der Waals surface area contributed by atoms with Crippen molar-refractivity contribution >= 4 is 21.6 Å². The van der Waals surface area contributed by atoms with E-state index in [9.17, 15) is 8.42 Å². The lowest BCUT2D eigenvalue weighted by molar-refractivity contribution is 0.0774. The van der Waals surface area contributed by atoms with E-state index in [4.69, 9.17) is 16.3 Å². The first-order valence-electron chi connectivity index (χ1n) is 5.29. The van der Waals surface area contributed by atoms with Gasteiger partial charge in [-0.15, -0.1) is 0 Å². The Hall–Kier alpha value is -0.690. The summed E-state index contributed by atoms with van der Waals surface area (Å²) < 4.78 is 31.9. The third-order valence-corrected chi connectivity index (χ3v) is 4.50. The molecule has 17 heavy (non-hydrogen) atoms. The van der Waals surface area contributed by atoms with Crippen LogP contribution in [0, 0.1) is 0 Å². The van der Waals surface area contributed by atoms with E-state index in [1.54, 1.807) is 0 Å². The molecule has 0 aliphatic carbocycles. The summed E-state index contributed by atoms with van der Waals surface area (Å²) in [4.78, 5) is 3.78. The molecule has 1 N–H and O–H groups in total. The maximum absolute atomic E-state index is 12.0. The van der Waals surface area contributed by atoms with Crippen LogP contribution in [-0.4, -0.2) is 32.7 Å². The zero-order valence-corrected chi connectivity index (χ0v) is 10.7. The SMILES string of the molecule is O=S(=O)(NC1CCCOC1)c1cnccc1Cl. The van der Waals surface area contributed by atoms with E-state index in [0.29, 0.717) is 13.2 Å². The molecule has 0 aromatic carbocycles. The smallest absolute Gasteiger partial charge is 0.243 e. The van der Waals surface area contributed by atoms with Gasteiger partial charge >= 0.3 is 0 Å². The summed E-state index contributed by atoms with van der Waals surface area (Å²) in [5, 5.41) is 0.171. The highest BCUT2D eigenvalue weighted by atomic mass is 35.5. The van der Waals surface area contributed by atoms with Crippen LogP contribution >= 0.6 is 11.6 Å². The highest BCUT2D eigenvalue weighted by Gasteiger charge is 2.24. The molecule has 0 saturated carbocycles. The second-order valence-corrected chi connectivity index (χ2v) is 5.93. The van der Waals surface area contributed by atoms with Crippen molar-refractivity contribution in [3.63, 3.8) is 0 Å². The topological polar surface area (TPSA) is 68.3 Å². The highest BCUT2D eigenvalue weighted by molar-refractivity contribution is 7.89. The Bertz CT molecular complexity index is 486. The largest absolute Gasteiger partial charge is 0.380 e. The third kappa shape index (κ3) is 3.16. The Balaban J connectivity index is 2.16. The third-order valence-electron chi connectivity index (χ3n) is 2.51. The molecule has 1 aromatic rings. The zero-order valence-electron chi connectivity index (χ0n) is 9.10. The lowest BCUT2D eigenvalue weighted by Crippen LogP contribution is -2.40. The first kappa shape index (κ1) is 12.8. The average Bonchev–Trinajstić information content (AvgIpc) is 2.30. The number of halogens is 1. The van der Waals surface area contributed by atoms with Gasteiger partial charge in [0, 0.05) is 25.0 Å². The van der Waals surface area contributed by atoms with E-state index >= 15 is 0 Å². The van der Waals surface area contributed by atoms with Crippen LogP contribution in [0.15, 0.2) is 23.4 Å². The first-order valence-corrected chi connectivity index (χ1v) is 7.15. The molecule has 1 aromatic heterocycles. The molecule has 0 amide bonds. The van der Waals surface area contributed by atoms with Gasteiger partial charge in [0.1, 0.15) is 4.90 Å². The van der Waals surface area contributed by atoms with Crippen LogP contribution < -0.4 is 4.72 Å². The molecule has 0 radical (unpaired) electrons. The molecular formula is C10H13ClN2O3S. The second kappa shape index (κ2) is 5.30. The Labute approximate surface area is 105 Å². The van der Waals surface area contributed by atoms with E-state index < -0.39 is 10.0 Å². The Morgan fingerprint density at radius 1 is 1.53 bits per heavy atom. The van der Waals surface area contributed by atoms with Gasteiger partial charge in [0.2, 0.25) is 10.0 Å². The number of nitrogens with one attached hydrogen (secondary N) is 1. The highest BCUT2D eigenvalue weighted by Crippen LogP contribution is 2.20. The quantitative estimate of drug-likeness (QED) is 0.900. The number of pyridine rings is 1. The van der Waals surface area contributed by atoms with Gasteiger partial charge < -0.3 is 4.74 Å².